The molecule has 0 aromatic heterocycles. The van der Waals surface area contributed by atoms with Gasteiger partial charge in [0.05, 0.1) is 0 Å². The molecule has 0 saturated carbocycles. The number of ether oxygens (including phenoxy) is 2. The molecule has 1 amide bonds. The number of carbonyl (C=O) groups excluding carboxylic acids is 2. The molecule has 0 bridgehead atoms. The summed E-state index contributed by atoms with van der Waals surface area (Å²) in [6.07, 6.45) is 0.303. The zero-order chi connectivity index (χ0) is 34.5. The van der Waals surface area contributed by atoms with Crippen LogP contribution in [0.3, 0.4) is 0 Å². The normalized spacial score (nSPS) is 12.6. The number of hydrazone groups is 1. The maximum Gasteiger partial charge on any atom is 0.515 e. The summed E-state index contributed by atoms with van der Waals surface area (Å²) in [6, 6.07) is 21.5. The maximum absolute atomic E-state index is 13.0. The first-order valence-corrected chi connectivity index (χ1v) is 15.5. The van der Waals surface area contributed by atoms with E-state index in [0.29, 0.717) is 30.0 Å². The smallest absolute Gasteiger partial charge is 0.407 e. The third-order valence-electron chi connectivity index (χ3n) is 7.67. The molecular formula is C34H44N6O7. The molecule has 47 heavy (non-hydrogen) atoms. The molecule has 2 atom stereocenters. The third-order valence-corrected chi connectivity index (χ3v) is 7.67. The van der Waals surface area contributed by atoms with E-state index in [4.69, 9.17) is 21.1 Å². The average molecular weight is 649 g/mol. The summed E-state index contributed by atoms with van der Waals surface area (Å²) in [5.41, 5.74) is 10.3. The van der Waals surface area contributed by atoms with E-state index in [1.807, 2.05) is 53.4 Å². The van der Waals surface area contributed by atoms with Crippen LogP contribution in [0, 0.1) is 16.0 Å². The molecule has 13 nitrogen and oxygen atoms in total. The predicted molar refractivity (Wildman–Crippen MR) is 178 cm³/mol. The highest BCUT2D eigenvalue weighted by Gasteiger charge is 2.23. The second kappa shape index (κ2) is 17.5. The van der Waals surface area contributed by atoms with Gasteiger partial charge in [-0.1, -0.05) is 87.9 Å². The predicted octanol–water partition coefficient (Wildman–Crippen LogP) is 5.98. The Morgan fingerprint density at radius 2 is 1.60 bits per heavy atom. The van der Waals surface area contributed by atoms with E-state index >= 15 is 0 Å². The van der Waals surface area contributed by atoms with E-state index in [-0.39, 0.29) is 30.1 Å². The fourth-order valence-corrected chi connectivity index (χ4v) is 4.59. The van der Waals surface area contributed by atoms with Crippen LogP contribution >= 0.6 is 0 Å². The van der Waals surface area contributed by atoms with E-state index in [1.54, 1.807) is 0 Å². The molecule has 3 aromatic rings. The standard InChI is InChI=1S/C34H44N6O7/c1-6-7-12-32(41)38(24(4)23(2)3)21-26-13-17-28(18-14-26)30-10-8-9-11-31(30)33(35)37-39(36)25(5)46-34(42)47-29-19-15-27(16-20-29)22-45-40(43)44/h8-11,13-20,23-25H,6-7,12,21-22,36H2,1-5H3,(H2,35,37). The zero-order valence-corrected chi connectivity index (χ0v) is 27.5. The van der Waals surface area contributed by atoms with Crippen molar-refractivity contribution in [2.75, 3.05) is 0 Å². The summed E-state index contributed by atoms with van der Waals surface area (Å²) in [5.74, 6) is 6.82. The van der Waals surface area contributed by atoms with Crippen molar-refractivity contribution in [1.29, 1.82) is 0 Å². The monoisotopic (exact) mass is 648 g/mol. The minimum absolute atomic E-state index is 0.0991. The lowest BCUT2D eigenvalue weighted by Crippen LogP contribution is -2.40. The van der Waals surface area contributed by atoms with Gasteiger partial charge in [-0.2, -0.15) is 5.12 Å². The van der Waals surface area contributed by atoms with Gasteiger partial charge < -0.3 is 24.9 Å². The number of carbonyl (C=O) groups is 2. The summed E-state index contributed by atoms with van der Waals surface area (Å²) in [5, 5.41) is 14.6. The van der Waals surface area contributed by atoms with Crippen LogP contribution in [0.5, 0.6) is 5.75 Å². The molecule has 0 radical (unpaired) electrons. The number of unbranched alkanes of at least 4 members (excludes halogenated alkanes) is 1. The van der Waals surface area contributed by atoms with E-state index in [2.05, 4.69) is 37.6 Å². The van der Waals surface area contributed by atoms with E-state index in [0.717, 1.165) is 34.6 Å². The first kappa shape index (κ1) is 36.3. The van der Waals surface area contributed by atoms with Crippen molar-refractivity contribution in [3.8, 4) is 16.9 Å². The van der Waals surface area contributed by atoms with Crippen LogP contribution in [0.1, 0.15) is 70.6 Å². The van der Waals surface area contributed by atoms with Gasteiger partial charge in [-0.05, 0) is 60.6 Å². The van der Waals surface area contributed by atoms with E-state index in [9.17, 15) is 19.7 Å². The van der Waals surface area contributed by atoms with Crippen LogP contribution in [0.25, 0.3) is 11.1 Å². The Balaban J connectivity index is 1.67. The first-order valence-electron chi connectivity index (χ1n) is 15.5. The number of hydrogen-bond donors (Lipinski definition) is 2. The summed E-state index contributed by atoms with van der Waals surface area (Å²) >= 11 is 0. The van der Waals surface area contributed by atoms with Crippen molar-refractivity contribution in [3.63, 3.8) is 0 Å². The number of hydrogen-bond acceptors (Lipinski definition) is 10. The van der Waals surface area contributed by atoms with Crippen LogP contribution in [0.4, 0.5) is 4.79 Å². The number of amidine groups is 1. The Morgan fingerprint density at radius 3 is 2.21 bits per heavy atom. The van der Waals surface area contributed by atoms with Crippen molar-refractivity contribution in [2.24, 2.45) is 22.6 Å². The summed E-state index contributed by atoms with van der Waals surface area (Å²) in [6.45, 7) is 10.2. The lowest BCUT2D eigenvalue weighted by atomic mass is 9.97. The molecule has 2 unspecified atom stereocenters. The zero-order valence-electron chi connectivity index (χ0n) is 27.5. The van der Waals surface area contributed by atoms with Crippen LogP contribution in [-0.2, 0) is 27.5 Å². The molecule has 13 heteroatoms. The average Bonchev–Trinajstić information content (AvgIpc) is 3.05. The van der Waals surface area contributed by atoms with Crippen molar-refractivity contribution in [2.45, 2.75) is 79.3 Å². The molecule has 0 aliphatic heterocycles. The molecule has 3 rings (SSSR count). The molecule has 0 saturated heterocycles. The number of benzene rings is 3. The van der Waals surface area contributed by atoms with Gasteiger partial charge in [-0.3, -0.25) is 4.79 Å². The van der Waals surface area contributed by atoms with Gasteiger partial charge in [-0.15, -0.1) is 15.2 Å². The first-order chi connectivity index (χ1) is 22.4. The molecule has 252 valence electrons. The Morgan fingerprint density at radius 1 is 0.957 bits per heavy atom. The van der Waals surface area contributed by atoms with E-state index < -0.39 is 17.5 Å². The van der Waals surface area contributed by atoms with Gasteiger partial charge in [-0.25, -0.2) is 10.6 Å². The summed E-state index contributed by atoms with van der Waals surface area (Å²) < 4.78 is 10.4. The SMILES string of the molecule is CCCCC(=O)N(Cc1ccc(-c2ccccc2/C(N)=N/N(N)C(C)OC(=O)Oc2ccc(CO[N+](=O)[O-])cc2)cc1)C(C)C(C)C. The van der Waals surface area contributed by atoms with Crippen LogP contribution in [-0.4, -0.2) is 45.3 Å². The summed E-state index contributed by atoms with van der Waals surface area (Å²) in [4.78, 5) is 42.0. The van der Waals surface area contributed by atoms with Gasteiger partial charge in [0, 0.05) is 24.6 Å². The fourth-order valence-electron chi connectivity index (χ4n) is 4.59. The number of amides is 1. The second-order valence-electron chi connectivity index (χ2n) is 11.4. The number of nitrogens with zero attached hydrogens (tertiary/aromatic N) is 4. The Hall–Kier alpha value is -5.17. The van der Waals surface area contributed by atoms with Crippen molar-refractivity contribution in [1.82, 2.24) is 10.0 Å². The summed E-state index contributed by atoms with van der Waals surface area (Å²) in [7, 11) is 0. The van der Waals surface area contributed by atoms with Crippen LogP contribution < -0.4 is 16.3 Å². The Labute approximate surface area is 275 Å². The largest absolute Gasteiger partial charge is 0.515 e. The fraction of sp³-hybridized carbons (Fsp3) is 0.382. The topological polar surface area (TPSA) is 176 Å². The van der Waals surface area contributed by atoms with E-state index in [1.165, 1.54) is 31.2 Å². The molecular weight excluding hydrogens is 604 g/mol. The Kier molecular flexibility index (Phi) is 13.5. The number of nitrogens with two attached hydrogens (primary N) is 2. The molecule has 0 fully saturated rings. The van der Waals surface area contributed by atoms with Crippen molar-refractivity contribution < 1.29 is 29.0 Å². The van der Waals surface area contributed by atoms with Crippen molar-refractivity contribution in [3.05, 3.63) is 99.6 Å². The minimum atomic E-state index is -1.04. The van der Waals surface area contributed by atoms with Gasteiger partial charge >= 0.3 is 6.16 Å². The molecule has 0 spiro atoms. The quantitative estimate of drug-likeness (QED) is 0.0274. The maximum atomic E-state index is 13.0. The van der Waals surface area contributed by atoms with Crippen molar-refractivity contribution >= 4 is 17.9 Å². The second-order valence-corrected chi connectivity index (χ2v) is 11.4. The molecule has 0 aliphatic carbocycles. The van der Waals surface area contributed by atoms with Gasteiger partial charge in [0.25, 0.3) is 5.09 Å². The molecule has 0 aliphatic rings. The highest BCUT2D eigenvalue weighted by molar-refractivity contribution is 6.03. The van der Waals surface area contributed by atoms with Crippen LogP contribution in [0.15, 0.2) is 77.9 Å². The lowest BCUT2D eigenvalue weighted by Gasteiger charge is -2.32. The molecule has 3 aromatic carbocycles. The minimum Gasteiger partial charge on any atom is -0.407 e. The lowest BCUT2D eigenvalue weighted by molar-refractivity contribution is -0.763. The van der Waals surface area contributed by atoms with Gasteiger partial charge in [0.15, 0.2) is 5.84 Å². The van der Waals surface area contributed by atoms with Gasteiger partial charge in [0.1, 0.15) is 12.4 Å². The Bertz CT molecular complexity index is 1510. The highest BCUT2D eigenvalue weighted by Crippen LogP contribution is 2.26. The number of rotatable bonds is 16. The van der Waals surface area contributed by atoms with Crippen LogP contribution in [0.2, 0.25) is 0 Å². The molecule has 4 N–H and O–H groups in total. The number of hydrazine groups is 1. The molecule has 0 heterocycles. The third kappa shape index (κ3) is 11.0. The highest BCUT2D eigenvalue weighted by atomic mass is 16.9. The van der Waals surface area contributed by atoms with Gasteiger partial charge in [0.2, 0.25) is 12.1 Å².